The summed E-state index contributed by atoms with van der Waals surface area (Å²) in [7, 11) is 10.4. The standard InChI is InChI=1S/C38H40N2O8/c1-39-11-9-37-18-31(46-5)26(41)15-22(37)24(39)13-20-7-8-28(44-3)36(33(20)37)48-29-17-30(45-4)35(43)34-21(29)14-25-23-16-27(42)32(47-6)19-38(23,34)10-12-40(25)2/h7-8,15-19,24-25,43H,9-14H2,1-6H3. The molecular formula is C38H40N2O8. The minimum absolute atomic E-state index is 0.0253. The van der Waals surface area contributed by atoms with Gasteiger partial charge in [0.05, 0.1) is 28.4 Å². The Labute approximate surface area is 279 Å². The van der Waals surface area contributed by atoms with Crippen LogP contribution in [0.3, 0.4) is 0 Å². The number of methoxy groups -OCH3 is 4. The number of rotatable bonds is 6. The van der Waals surface area contributed by atoms with Gasteiger partial charge in [-0.3, -0.25) is 19.4 Å². The fourth-order valence-electron chi connectivity index (χ4n) is 9.32. The van der Waals surface area contributed by atoms with Gasteiger partial charge >= 0.3 is 0 Å². The van der Waals surface area contributed by atoms with Gasteiger partial charge in [-0.25, -0.2) is 0 Å². The Kier molecular flexibility index (Phi) is 6.88. The highest BCUT2D eigenvalue weighted by Gasteiger charge is 2.55. The molecule has 2 aromatic rings. The number of hydrogen-bond acceptors (Lipinski definition) is 10. The lowest BCUT2D eigenvalue weighted by molar-refractivity contribution is -0.115. The van der Waals surface area contributed by atoms with Crippen LogP contribution in [0.1, 0.15) is 35.1 Å². The minimum Gasteiger partial charge on any atom is -0.504 e. The third kappa shape index (κ3) is 3.99. The first-order chi connectivity index (χ1) is 23.1. The number of phenolic OH excluding ortho intramolecular Hbond substituents is 1. The summed E-state index contributed by atoms with van der Waals surface area (Å²) in [6.07, 6.45) is 9.88. The summed E-state index contributed by atoms with van der Waals surface area (Å²) in [5.41, 5.74) is 4.12. The molecule has 2 fully saturated rings. The molecule has 8 rings (SSSR count). The first-order valence-corrected chi connectivity index (χ1v) is 16.4. The van der Waals surface area contributed by atoms with Crippen molar-refractivity contribution in [2.24, 2.45) is 0 Å². The number of ether oxygens (including phenoxy) is 5. The minimum atomic E-state index is -0.781. The van der Waals surface area contributed by atoms with Crippen LogP contribution >= 0.6 is 0 Å². The van der Waals surface area contributed by atoms with E-state index < -0.39 is 10.8 Å². The van der Waals surface area contributed by atoms with Crippen LogP contribution in [0.2, 0.25) is 0 Å². The summed E-state index contributed by atoms with van der Waals surface area (Å²) in [6, 6.07) is 5.75. The van der Waals surface area contributed by atoms with Crippen molar-refractivity contribution in [3.8, 4) is 28.7 Å². The molecule has 2 aromatic carbocycles. The Bertz CT molecular complexity index is 1920. The summed E-state index contributed by atoms with van der Waals surface area (Å²) >= 11 is 0. The molecule has 0 radical (unpaired) electrons. The van der Waals surface area contributed by atoms with Crippen LogP contribution in [-0.4, -0.2) is 94.2 Å². The molecule has 0 aromatic heterocycles. The number of hydrogen-bond donors (Lipinski definition) is 1. The molecule has 0 spiro atoms. The normalized spacial score (nSPS) is 28.8. The number of carbonyl (C=O) groups excluding carboxylic acids is 2. The predicted octanol–water partition coefficient (Wildman–Crippen LogP) is 4.28. The highest BCUT2D eigenvalue weighted by atomic mass is 16.5. The van der Waals surface area contributed by atoms with Gasteiger partial charge in [-0.1, -0.05) is 6.07 Å². The van der Waals surface area contributed by atoms with E-state index in [4.69, 9.17) is 23.7 Å². The molecule has 250 valence electrons. The molecule has 48 heavy (non-hydrogen) atoms. The van der Waals surface area contributed by atoms with E-state index in [1.165, 1.54) is 21.3 Å². The van der Waals surface area contributed by atoms with E-state index in [1.54, 1.807) is 25.3 Å². The zero-order chi connectivity index (χ0) is 33.7. The van der Waals surface area contributed by atoms with E-state index >= 15 is 0 Å². The molecule has 4 unspecified atom stereocenters. The average Bonchev–Trinajstić information content (AvgIpc) is 3.08. The van der Waals surface area contributed by atoms with Crippen molar-refractivity contribution < 1.29 is 38.4 Å². The molecule has 4 bridgehead atoms. The van der Waals surface area contributed by atoms with Gasteiger partial charge in [-0.05, 0) is 99.9 Å². The van der Waals surface area contributed by atoms with E-state index in [0.717, 1.165) is 47.3 Å². The lowest BCUT2D eigenvalue weighted by Crippen LogP contribution is -2.54. The van der Waals surface area contributed by atoms with Gasteiger partial charge in [-0.15, -0.1) is 0 Å². The summed E-state index contributed by atoms with van der Waals surface area (Å²) in [5, 5.41) is 11.9. The first-order valence-electron chi connectivity index (χ1n) is 16.4. The van der Waals surface area contributed by atoms with Crippen molar-refractivity contribution in [2.45, 2.75) is 48.6 Å². The Morgan fingerprint density at radius 3 is 1.85 bits per heavy atom. The van der Waals surface area contributed by atoms with Crippen LogP contribution < -0.4 is 14.2 Å². The second-order valence-electron chi connectivity index (χ2n) is 13.7. The molecule has 10 nitrogen and oxygen atoms in total. The van der Waals surface area contributed by atoms with E-state index in [0.29, 0.717) is 47.8 Å². The Morgan fingerprint density at radius 2 is 1.29 bits per heavy atom. The number of fused-ring (bicyclic) bond motifs is 2. The first kappa shape index (κ1) is 30.8. The molecule has 10 heteroatoms. The topological polar surface area (TPSA) is 107 Å². The van der Waals surface area contributed by atoms with Crippen molar-refractivity contribution in [3.63, 3.8) is 0 Å². The summed E-state index contributed by atoms with van der Waals surface area (Å²) < 4.78 is 30.1. The number of benzene rings is 2. The summed E-state index contributed by atoms with van der Waals surface area (Å²) in [6.45, 7) is 1.58. The van der Waals surface area contributed by atoms with Gasteiger partial charge in [0, 0.05) is 45.7 Å². The van der Waals surface area contributed by atoms with Crippen LogP contribution in [0.25, 0.3) is 0 Å². The van der Waals surface area contributed by atoms with Crippen molar-refractivity contribution in [2.75, 3.05) is 55.6 Å². The van der Waals surface area contributed by atoms with Crippen LogP contribution in [0.5, 0.6) is 28.7 Å². The van der Waals surface area contributed by atoms with Crippen LogP contribution in [0.15, 0.2) is 65.2 Å². The quantitative estimate of drug-likeness (QED) is 0.486. The van der Waals surface area contributed by atoms with Gasteiger partial charge in [0.2, 0.25) is 11.6 Å². The van der Waals surface area contributed by atoms with Gasteiger partial charge in [-0.2, -0.15) is 0 Å². The Balaban J connectivity index is 1.38. The molecule has 4 aliphatic carbocycles. The molecule has 2 heterocycles. The molecular weight excluding hydrogens is 612 g/mol. The number of piperidine rings is 2. The number of phenols is 1. The van der Waals surface area contributed by atoms with Crippen molar-refractivity contribution >= 4 is 11.6 Å². The van der Waals surface area contributed by atoms with Gasteiger partial charge in [0.15, 0.2) is 34.5 Å². The molecule has 2 saturated heterocycles. The second-order valence-corrected chi connectivity index (χ2v) is 13.7. The molecule has 1 N–H and O–H groups in total. The monoisotopic (exact) mass is 652 g/mol. The SMILES string of the molecule is COC1=CC23CCN(C)C(Cc4c(Oc5c(OC)ccc6c5C57C=C(OC)C(=O)C=C5C(C6)N(C)CC7)cc(OC)c(O)c42)C3=CC1=O. The van der Waals surface area contributed by atoms with Crippen LogP contribution in [0, 0.1) is 0 Å². The van der Waals surface area contributed by atoms with Crippen molar-refractivity contribution in [1.29, 1.82) is 0 Å². The molecule has 6 aliphatic rings. The number of nitrogens with zero attached hydrogens (tertiary/aromatic N) is 2. The fraction of sp³-hybridized carbons (Fsp3) is 0.421. The zero-order valence-electron chi connectivity index (χ0n) is 28.1. The van der Waals surface area contributed by atoms with Gasteiger partial charge < -0.3 is 28.8 Å². The van der Waals surface area contributed by atoms with E-state index in [-0.39, 0.29) is 40.9 Å². The van der Waals surface area contributed by atoms with E-state index in [9.17, 15) is 14.7 Å². The fourth-order valence-corrected chi connectivity index (χ4v) is 9.32. The van der Waals surface area contributed by atoms with Crippen LogP contribution in [-0.2, 0) is 42.7 Å². The number of likely N-dealkylation sites (tertiary alicyclic amines) is 2. The molecule has 4 atom stereocenters. The molecule has 0 amide bonds. The van der Waals surface area contributed by atoms with Crippen molar-refractivity contribution in [1.82, 2.24) is 9.80 Å². The Hall–Kier alpha value is -4.54. The zero-order valence-corrected chi connectivity index (χ0v) is 28.1. The third-order valence-corrected chi connectivity index (χ3v) is 11.7. The maximum absolute atomic E-state index is 13.2. The lowest BCUT2D eigenvalue weighted by atomic mass is 9.58. The summed E-state index contributed by atoms with van der Waals surface area (Å²) in [5.74, 6) is 2.20. The maximum Gasteiger partial charge on any atom is 0.220 e. The van der Waals surface area contributed by atoms with Crippen LogP contribution in [0.4, 0.5) is 0 Å². The molecule has 0 saturated carbocycles. The van der Waals surface area contributed by atoms with Crippen molar-refractivity contribution in [3.05, 3.63) is 87.4 Å². The lowest BCUT2D eigenvalue weighted by Gasteiger charge is -2.53. The maximum atomic E-state index is 13.2. The predicted molar refractivity (Wildman–Crippen MR) is 177 cm³/mol. The number of carbonyl (C=O) groups is 2. The van der Waals surface area contributed by atoms with E-state index in [1.807, 2.05) is 18.2 Å². The average molecular weight is 653 g/mol. The largest absolute Gasteiger partial charge is 0.504 e. The second kappa shape index (κ2) is 10.7. The smallest absolute Gasteiger partial charge is 0.220 e. The highest BCUT2D eigenvalue weighted by Crippen LogP contribution is 2.60. The third-order valence-electron chi connectivity index (χ3n) is 11.7. The number of allylic oxidation sites excluding steroid dienone is 4. The Morgan fingerprint density at radius 1 is 0.729 bits per heavy atom. The van der Waals surface area contributed by atoms with E-state index in [2.05, 4.69) is 30.0 Å². The summed E-state index contributed by atoms with van der Waals surface area (Å²) in [4.78, 5) is 30.8. The number of aromatic hydroxyl groups is 1. The van der Waals surface area contributed by atoms with Gasteiger partial charge in [0.25, 0.3) is 0 Å². The number of ketones is 2. The highest BCUT2D eigenvalue weighted by molar-refractivity contribution is 6.06. The molecule has 2 aliphatic heterocycles. The van der Waals surface area contributed by atoms with Gasteiger partial charge in [0.1, 0.15) is 5.75 Å². The number of likely N-dealkylation sites (N-methyl/N-ethyl adjacent to an activating group) is 2.